The van der Waals surface area contributed by atoms with Crippen molar-refractivity contribution < 1.29 is 14.5 Å². The standard InChI is InChI=1S/C16H19N5O4/c17-12-13-1-2-14(15(11-13)21(23)24)18-3-5-19(6-4-18)16(22)20-7-9-25-10-8-20/h1-2,11H,3-10H2. The number of hydrogen-bond donors (Lipinski definition) is 0. The summed E-state index contributed by atoms with van der Waals surface area (Å²) in [7, 11) is 0. The number of piperazine rings is 1. The molecule has 2 aliphatic rings. The zero-order valence-electron chi connectivity index (χ0n) is 13.8. The lowest BCUT2D eigenvalue weighted by Crippen LogP contribution is -2.54. The summed E-state index contributed by atoms with van der Waals surface area (Å²) in [5.74, 6) is 0. The van der Waals surface area contributed by atoms with Gasteiger partial charge in [-0.15, -0.1) is 0 Å². The minimum Gasteiger partial charge on any atom is -0.378 e. The Hall–Kier alpha value is -2.86. The molecule has 0 bridgehead atoms. The summed E-state index contributed by atoms with van der Waals surface area (Å²) in [6.45, 7) is 4.36. The molecule has 0 saturated carbocycles. The summed E-state index contributed by atoms with van der Waals surface area (Å²) in [5.41, 5.74) is 0.672. The van der Waals surface area contributed by atoms with Crippen molar-refractivity contribution in [3.05, 3.63) is 33.9 Å². The Morgan fingerprint density at radius 2 is 1.76 bits per heavy atom. The summed E-state index contributed by atoms with van der Waals surface area (Å²) < 4.78 is 5.26. The number of nitriles is 1. The maximum atomic E-state index is 12.5. The van der Waals surface area contributed by atoms with Crippen molar-refractivity contribution in [2.75, 3.05) is 57.4 Å². The van der Waals surface area contributed by atoms with Crippen molar-refractivity contribution in [2.45, 2.75) is 0 Å². The van der Waals surface area contributed by atoms with Gasteiger partial charge in [0, 0.05) is 45.3 Å². The molecule has 2 saturated heterocycles. The molecule has 3 rings (SSSR count). The highest BCUT2D eigenvalue weighted by atomic mass is 16.6. The van der Waals surface area contributed by atoms with Crippen LogP contribution in [0, 0.1) is 21.4 Å². The van der Waals surface area contributed by atoms with Gasteiger partial charge in [0.2, 0.25) is 0 Å². The fraction of sp³-hybridized carbons (Fsp3) is 0.500. The van der Waals surface area contributed by atoms with Crippen LogP contribution < -0.4 is 4.90 Å². The Kier molecular flexibility index (Phi) is 5.00. The smallest absolute Gasteiger partial charge is 0.320 e. The maximum Gasteiger partial charge on any atom is 0.320 e. The summed E-state index contributed by atoms with van der Waals surface area (Å²) in [6, 6.07) is 6.39. The van der Waals surface area contributed by atoms with Gasteiger partial charge >= 0.3 is 6.03 Å². The van der Waals surface area contributed by atoms with Crippen molar-refractivity contribution in [1.29, 1.82) is 5.26 Å². The van der Waals surface area contributed by atoms with E-state index in [4.69, 9.17) is 10.00 Å². The highest BCUT2D eigenvalue weighted by molar-refractivity contribution is 5.75. The van der Waals surface area contributed by atoms with Gasteiger partial charge in [0.25, 0.3) is 5.69 Å². The van der Waals surface area contributed by atoms with Crippen LogP contribution in [0.1, 0.15) is 5.56 Å². The number of rotatable bonds is 2. The first-order valence-corrected chi connectivity index (χ1v) is 8.15. The number of morpholine rings is 1. The van der Waals surface area contributed by atoms with E-state index < -0.39 is 4.92 Å². The van der Waals surface area contributed by atoms with Gasteiger partial charge in [-0.05, 0) is 12.1 Å². The van der Waals surface area contributed by atoms with Crippen LogP contribution in [-0.4, -0.2) is 73.2 Å². The first kappa shape index (κ1) is 17.0. The molecule has 25 heavy (non-hydrogen) atoms. The van der Waals surface area contributed by atoms with E-state index in [0.29, 0.717) is 58.2 Å². The number of carbonyl (C=O) groups excluding carboxylic acids is 1. The van der Waals surface area contributed by atoms with E-state index in [1.165, 1.54) is 6.07 Å². The number of hydrogen-bond acceptors (Lipinski definition) is 6. The minimum atomic E-state index is -0.471. The zero-order chi connectivity index (χ0) is 17.8. The third-order valence-corrected chi connectivity index (χ3v) is 4.47. The van der Waals surface area contributed by atoms with E-state index in [0.717, 1.165) is 0 Å². The summed E-state index contributed by atoms with van der Waals surface area (Å²) in [6.07, 6.45) is 0. The van der Waals surface area contributed by atoms with Crippen LogP contribution in [0.4, 0.5) is 16.2 Å². The average molecular weight is 345 g/mol. The van der Waals surface area contributed by atoms with Gasteiger partial charge < -0.3 is 19.4 Å². The number of nitro groups is 1. The van der Waals surface area contributed by atoms with Crippen molar-refractivity contribution in [2.24, 2.45) is 0 Å². The number of urea groups is 1. The van der Waals surface area contributed by atoms with Crippen LogP contribution in [0.5, 0.6) is 0 Å². The lowest BCUT2D eigenvalue weighted by Gasteiger charge is -2.39. The molecule has 132 valence electrons. The SMILES string of the molecule is N#Cc1ccc(N2CCN(C(=O)N3CCOCC3)CC2)c([N+](=O)[O-])c1. The molecule has 2 heterocycles. The van der Waals surface area contributed by atoms with Gasteiger partial charge in [-0.25, -0.2) is 4.79 Å². The molecular weight excluding hydrogens is 326 g/mol. The van der Waals surface area contributed by atoms with E-state index >= 15 is 0 Å². The third-order valence-electron chi connectivity index (χ3n) is 4.47. The minimum absolute atomic E-state index is 0.00252. The maximum absolute atomic E-state index is 12.5. The van der Waals surface area contributed by atoms with Gasteiger partial charge in [0.15, 0.2) is 0 Å². The number of carbonyl (C=O) groups is 1. The number of amides is 2. The summed E-state index contributed by atoms with van der Waals surface area (Å²) in [5, 5.41) is 20.2. The van der Waals surface area contributed by atoms with Gasteiger partial charge in [-0.3, -0.25) is 10.1 Å². The monoisotopic (exact) mass is 345 g/mol. The van der Waals surface area contributed by atoms with E-state index in [1.54, 1.807) is 21.9 Å². The predicted octanol–water partition coefficient (Wildman–Crippen LogP) is 1.04. The fourth-order valence-electron chi connectivity index (χ4n) is 3.10. The Morgan fingerprint density at radius 1 is 1.12 bits per heavy atom. The Morgan fingerprint density at radius 3 is 2.36 bits per heavy atom. The van der Waals surface area contributed by atoms with Crippen LogP contribution in [0.25, 0.3) is 0 Å². The van der Waals surface area contributed by atoms with Gasteiger partial charge in [-0.1, -0.05) is 0 Å². The first-order valence-electron chi connectivity index (χ1n) is 8.15. The number of anilines is 1. The molecule has 0 aliphatic carbocycles. The number of nitro benzene ring substituents is 1. The Bertz CT molecular complexity index is 703. The molecule has 0 radical (unpaired) electrons. The molecule has 2 amide bonds. The van der Waals surface area contributed by atoms with Gasteiger partial charge in [-0.2, -0.15) is 5.26 Å². The van der Waals surface area contributed by atoms with E-state index in [1.807, 2.05) is 11.0 Å². The van der Waals surface area contributed by atoms with Crippen LogP contribution in [-0.2, 0) is 4.74 Å². The van der Waals surface area contributed by atoms with Crippen molar-refractivity contribution >= 4 is 17.4 Å². The molecule has 0 spiro atoms. The molecule has 0 atom stereocenters. The first-order chi connectivity index (χ1) is 12.1. The molecule has 1 aromatic carbocycles. The topological polar surface area (TPSA) is 103 Å². The molecular formula is C16H19N5O4. The molecule has 0 N–H and O–H groups in total. The van der Waals surface area contributed by atoms with Crippen molar-refractivity contribution in [3.63, 3.8) is 0 Å². The summed E-state index contributed by atoms with van der Waals surface area (Å²) >= 11 is 0. The lowest BCUT2D eigenvalue weighted by molar-refractivity contribution is -0.384. The highest BCUT2D eigenvalue weighted by Gasteiger charge is 2.28. The molecule has 1 aromatic rings. The fourth-order valence-corrected chi connectivity index (χ4v) is 3.10. The lowest BCUT2D eigenvalue weighted by atomic mass is 10.1. The molecule has 0 aromatic heterocycles. The summed E-state index contributed by atoms with van der Waals surface area (Å²) in [4.78, 5) is 28.8. The molecule has 9 heteroatoms. The zero-order valence-corrected chi connectivity index (χ0v) is 13.8. The van der Waals surface area contributed by atoms with E-state index in [2.05, 4.69) is 0 Å². The molecule has 2 aliphatic heterocycles. The number of benzene rings is 1. The molecule has 0 unspecified atom stereocenters. The predicted molar refractivity (Wildman–Crippen MR) is 89.4 cm³/mol. The van der Waals surface area contributed by atoms with Crippen LogP contribution in [0.3, 0.4) is 0 Å². The number of ether oxygens (including phenoxy) is 1. The number of nitrogens with zero attached hydrogens (tertiary/aromatic N) is 5. The second-order valence-electron chi connectivity index (χ2n) is 5.93. The van der Waals surface area contributed by atoms with E-state index in [9.17, 15) is 14.9 Å². The molecule has 2 fully saturated rings. The normalized spacial score (nSPS) is 18.0. The van der Waals surface area contributed by atoms with Crippen LogP contribution >= 0.6 is 0 Å². The Balaban J connectivity index is 1.67. The highest BCUT2D eigenvalue weighted by Crippen LogP contribution is 2.30. The van der Waals surface area contributed by atoms with Gasteiger partial charge in [0.1, 0.15) is 5.69 Å². The average Bonchev–Trinajstić information content (AvgIpc) is 2.67. The van der Waals surface area contributed by atoms with Crippen molar-refractivity contribution in [1.82, 2.24) is 9.80 Å². The van der Waals surface area contributed by atoms with Crippen LogP contribution in [0.2, 0.25) is 0 Å². The molecule has 9 nitrogen and oxygen atoms in total. The van der Waals surface area contributed by atoms with E-state index in [-0.39, 0.29) is 17.3 Å². The third kappa shape index (κ3) is 3.64. The quantitative estimate of drug-likeness (QED) is 0.586. The van der Waals surface area contributed by atoms with Crippen molar-refractivity contribution in [3.8, 4) is 6.07 Å². The Labute approximate surface area is 145 Å². The second-order valence-corrected chi connectivity index (χ2v) is 5.93. The van der Waals surface area contributed by atoms with Gasteiger partial charge in [0.05, 0.1) is 29.8 Å². The second kappa shape index (κ2) is 7.36. The largest absolute Gasteiger partial charge is 0.378 e. The van der Waals surface area contributed by atoms with Crippen LogP contribution in [0.15, 0.2) is 18.2 Å².